The number of pyridine rings is 1. The van der Waals surface area contributed by atoms with Gasteiger partial charge in [0.05, 0.1) is 11.4 Å². The molecule has 3 rings (SSSR count). The number of ether oxygens (including phenoxy) is 1. The summed E-state index contributed by atoms with van der Waals surface area (Å²) < 4.78 is 33.5. The summed E-state index contributed by atoms with van der Waals surface area (Å²) in [5, 5.41) is 2.11. The highest BCUT2D eigenvalue weighted by Gasteiger charge is 2.19. The van der Waals surface area contributed by atoms with E-state index in [2.05, 4.69) is 9.97 Å². The molecule has 0 aliphatic heterocycles. The molecule has 0 bridgehead atoms. The summed E-state index contributed by atoms with van der Waals surface area (Å²) in [6, 6.07) is 6.18. The molecule has 25 heavy (non-hydrogen) atoms. The number of halogens is 2. The molecule has 3 aromatic rings. The van der Waals surface area contributed by atoms with E-state index in [9.17, 15) is 8.78 Å². The van der Waals surface area contributed by atoms with Gasteiger partial charge in [0.25, 0.3) is 5.19 Å². The molecule has 0 amide bonds. The van der Waals surface area contributed by atoms with E-state index in [1.165, 1.54) is 23.5 Å². The Kier molecular flexibility index (Phi) is 4.56. The molecule has 0 fully saturated rings. The van der Waals surface area contributed by atoms with Crippen LogP contribution in [0.2, 0.25) is 0 Å². The molecule has 0 aliphatic carbocycles. The molecule has 0 aliphatic rings. The lowest BCUT2D eigenvalue weighted by Crippen LogP contribution is -2.13. The molecule has 2 heterocycles. The lowest BCUT2D eigenvalue weighted by atomic mass is 9.87. The Bertz CT molecular complexity index is 916. The Labute approximate surface area is 149 Å². The van der Waals surface area contributed by atoms with Crippen LogP contribution in [0.3, 0.4) is 0 Å². The second-order valence-corrected chi connectivity index (χ2v) is 7.60. The van der Waals surface area contributed by atoms with Crippen molar-refractivity contribution in [2.24, 2.45) is 0 Å². The number of hydrogen-bond acceptors (Lipinski definition) is 4. The average Bonchev–Trinajstić information content (AvgIpc) is 2.97. The lowest BCUT2D eigenvalue weighted by Gasteiger charge is -2.19. The van der Waals surface area contributed by atoms with Crippen LogP contribution in [-0.2, 0) is 5.41 Å². The van der Waals surface area contributed by atoms with Crippen molar-refractivity contribution in [3.05, 3.63) is 58.7 Å². The van der Waals surface area contributed by atoms with E-state index in [4.69, 9.17) is 4.74 Å². The van der Waals surface area contributed by atoms with Crippen molar-refractivity contribution in [1.29, 1.82) is 0 Å². The van der Waals surface area contributed by atoms with Crippen molar-refractivity contribution in [2.45, 2.75) is 33.1 Å². The quantitative estimate of drug-likeness (QED) is 0.585. The van der Waals surface area contributed by atoms with Crippen LogP contribution in [0.1, 0.15) is 32.0 Å². The van der Waals surface area contributed by atoms with Crippen LogP contribution in [0.15, 0.2) is 35.8 Å². The summed E-state index contributed by atoms with van der Waals surface area (Å²) in [7, 11) is 0. The molecule has 0 radical (unpaired) electrons. The van der Waals surface area contributed by atoms with Crippen molar-refractivity contribution in [1.82, 2.24) is 9.97 Å². The van der Waals surface area contributed by atoms with Gasteiger partial charge in [-0.05, 0) is 30.0 Å². The molecular weight excluding hydrogens is 342 g/mol. The highest BCUT2D eigenvalue weighted by molar-refractivity contribution is 7.11. The minimum atomic E-state index is -0.382. The maximum Gasteiger partial charge on any atom is 0.279 e. The van der Waals surface area contributed by atoms with Gasteiger partial charge in [0.15, 0.2) is 0 Å². The van der Waals surface area contributed by atoms with Gasteiger partial charge in [0.1, 0.15) is 17.4 Å². The molecule has 6 heteroatoms. The molecule has 0 saturated heterocycles. The van der Waals surface area contributed by atoms with Crippen molar-refractivity contribution in [3.63, 3.8) is 0 Å². The summed E-state index contributed by atoms with van der Waals surface area (Å²) in [6.07, 6.45) is 1.56. The molecule has 1 aromatic carbocycles. The summed E-state index contributed by atoms with van der Waals surface area (Å²) in [4.78, 5) is 8.31. The Morgan fingerprint density at radius 2 is 1.84 bits per heavy atom. The zero-order chi connectivity index (χ0) is 18.2. The zero-order valence-corrected chi connectivity index (χ0v) is 15.2. The maximum atomic E-state index is 14.3. The Morgan fingerprint density at radius 3 is 2.48 bits per heavy atom. The van der Waals surface area contributed by atoms with Crippen molar-refractivity contribution >= 4 is 11.3 Å². The van der Waals surface area contributed by atoms with Crippen LogP contribution in [0.25, 0.3) is 11.3 Å². The normalized spacial score (nSPS) is 11.6. The predicted molar refractivity (Wildman–Crippen MR) is 95.2 cm³/mol. The average molecular weight is 360 g/mol. The van der Waals surface area contributed by atoms with Crippen molar-refractivity contribution in [2.75, 3.05) is 0 Å². The monoisotopic (exact) mass is 360 g/mol. The van der Waals surface area contributed by atoms with Crippen molar-refractivity contribution in [3.8, 4) is 22.2 Å². The minimum Gasteiger partial charge on any atom is -0.431 e. The second kappa shape index (κ2) is 6.52. The fraction of sp³-hybridized carbons (Fsp3) is 0.263. The largest absolute Gasteiger partial charge is 0.431 e. The zero-order valence-electron chi connectivity index (χ0n) is 14.4. The topological polar surface area (TPSA) is 35.0 Å². The van der Waals surface area contributed by atoms with Gasteiger partial charge in [-0.1, -0.05) is 38.2 Å². The first kappa shape index (κ1) is 17.5. The van der Waals surface area contributed by atoms with E-state index >= 15 is 0 Å². The fourth-order valence-electron chi connectivity index (χ4n) is 2.35. The minimum absolute atomic E-state index is 0.278. The molecule has 3 nitrogen and oxygen atoms in total. The number of nitrogens with zero attached hydrogens (tertiary/aromatic N) is 2. The molecule has 0 spiro atoms. The fourth-order valence-corrected chi connectivity index (χ4v) is 3.05. The van der Waals surface area contributed by atoms with Gasteiger partial charge in [-0.15, -0.1) is 0 Å². The number of aryl methyl sites for hydroxylation is 1. The number of hydrogen-bond donors (Lipinski definition) is 0. The Hall–Kier alpha value is -2.34. The first-order valence-electron chi connectivity index (χ1n) is 7.80. The summed E-state index contributed by atoms with van der Waals surface area (Å²) >= 11 is 1.26. The predicted octanol–water partition coefficient (Wildman–Crippen LogP) is 5.88. The van der Waals surface area contributed by atoms with Gasteiger partial charge in [0, 0.05) is 23.2 Å². The Morgan fingerprint density at radius 1 is 1.08 bits per heavy atom. The van der Waals surface area contributed by atoms with Gasteiger partial charge in [-0.25, -0.2) is 13.8 Å². The third-order valence-corrected chi connectivity index (χ3v) is 4.48. The van der Waals surface area contributed by atoms with Crippen LogP contribution in [-0.4, -0.2) is 9.97 Å². The molecule has 0 N–H and O–H groups in total. The van der Waals surface area contributed by atoms with Crippen molar-refractivity contribution < 1.29 is 13.5 Å². The van der Waals surface area contributed by atoms with Crippen LogP contribution in [0.4, 0.5) is 8.78 Å². The summed E-state index contributed by atoms with van der Waals surface area (Å²) in [5.74, 6) is -0.320. The lowest BCUT2D eigenvalue weighted by molar-refractivity contribution is 0.466. The number of benzene rings is 1. The maximum absolute atomic E-state index is 14.3. The Balaban J connectivity index is 1.82. The van der Waals surface area contributed by atoms with E-state index in [1.807, 2.05) is 20.8 Å². The van der Waals surface area contributed by atoms with Crippen LogP contribution < -0.4 is 4.74 Å². The third kappa shape index (κ3) is 3.85. The van der Waals surface area contributed by atoms with Crippen LogP contribution in [0.5, 0.6) is 10.9 Å². The van der Waals surface area contributed by atoms with Crippen LogP contribution >= 0.6 is 11.3 Å². The third-order valence-electron chi connectivity index (χ3n) is 3.76. The standard InChI is InChI=1S/C19H18F2N2OS/c1-11-15(20)7-12(9-22-11)17-10-25-18(23-17)24-13-5-6-14(16(21)8-13)19(2,3)4/h5-10H,1-4H3. The first-order chi connectivity index (χ1) is 11.7. The highest BCUT2D eigenvalue weighted by Crippen LogP contribution is 2.32. The molecule has 130 valence electrons. The first-order valence-corrected chi connectivity index (χ1v) is 8.68. The molecule has 2 aromatic heterocycles. The highest BCUT2D eigenvalue weighted by atomic mass is 32.1. The summed E-state index contributed by atoms with van der Waals surface area (Å²) in [5.41, 5.74) is 1.83. The van der Waals surface area contributed by atoms with E-state index in [0.29, 0.717) is 33.5 Å². The molecule has 0 unspecified atom stereocenters. The van der Waals surface area contributed by atoms with E-state index < -0.39 is 0 Å². The van der Waals surface area contributed by atoms with Gasteiger partial charge in [-0.3, -0.25) is 4.98 Å². The van der Waals surface area contributed by atoms with E-state index in [1.54, 1.807) is 30.6 Å². The smallest absolute Gasteiger partial charge is 0.279 e. The molecule has 0 atom stereocenters. The number of thiazole rings is 1. The SMILES string of the molecule is Cc1ncc(-c2csc(Oc3ccc(C(C)(C)C)c(F)c3)n2)cc1F. The van der Waals surface area contributed by atoms with E-state index in [-0.39, 0.29) is 17.0 Å². The van der Waals surface area contributed by atoms with E-state index in [0.717, 1.165) is 0 Å². The summed E-state index contributed by atoms with van der Waals surface area (Å²) in [6.45, 7) is 7.46. The van der Waals surface area contributed by atoms with Gasteiger partial charge in [0.2, 0.25) is 0 Å². The van der Waals surface area contributed by atoms with Crippen LogP contribution in [0, 0.1) is 18.6 Å². The molecule has 0 saturated carbocycles. The van der Waals surface area contributed by atoms with Gasteiger partial charge in [-0.2, -0.15) is 0 Å². The second-order valence-electron chi connectivity index (χ2n) is 6.78. The molecular formula is C19H18F2N2OS. The van der Waals surface area contributed by atoms with Gasteiger partial charge < -0.3 is 4.74 Å². The number of aromatic nitrogens is 2. The van der Waals surface area contributed by atoms with Gasteiger partial charge >= 0.3 is 0 Å². The number of rotatable bonds is 3.